The molecular weight excluding hydrogens is 339 g/mol. The second kappa shape index (κ2) is 8.23. The van der Waals surface area contributed by atoms with Gasteiger partial charge in [0.05, 0.1) is 12.1 Å². The monoisotopic (exact) mass is 357 g/mol. The van der Waals surface area contributed by atoms with Gasteiger partial charge in [-0.3, -0.25) is 9.78 Å². The van der Waals surface area contributed by atoms with Crippen molar-refractivity contribution in [2.24, 2.45) is 0 Å². The molecule has 0 spiro atoms. The van der Waals surface area contributed by atoms with Crippen LogP contribution < -0.4 is 0 Å². The van der Waals surface area contributed by atoms with Crippen LogP contribution >= 0.6 is 11.3 Å². The van der Waals surface area contributed by atoms with Crippen LogP contribution in [0.3, 0.4) is 0 Å². The highest BCUT2D eigenvalue weighted by Crippen LogP contribution is 2.23. The maximum atomic E-state index is 12.6. The molecule has 4 nitrogen and oxygen atoms in total. The Morgan fingerprint density at radius 1 is 1.38 bits per heavy atom. The van der Waals surface area contributed by atoms with E-state index in [0.717, 1.165) is 16.9 Å². The molecule has 0 saturated heterocycles. The molecule has 0 bridgehead atoms. The Bertz CT molecular complexity index is 658. The normalized spacial score (nSPS) is 11.5. The number of aromatic nitrogens is 2. The van der Waals surface area contributed by atoms with Gasteiger partial charge in [0.25, 0.3) is 0 Å². The van der Waals surface area contributed by atoms with E-state index in [0.29, 0.717) is 17.1 Å². The first kappa shape index (κ1) is 18.4. The van der Waals surface area contributed by atoms with Gasteiger partial charge in [-0.05, 0) is 18.6 Å². The molecule has 2 rings (SSSR count). The van der Waals surface area contributed by atoms with Crippen LogP contribution in [0, 0.1) is 0 Å². The molecule has 2 heterocycles. The first-order valence-electron chi connectivity index (χ1n) is 7.58. The molecule has 0 fully saturated rings. The number of unbranched alkanes of at least 4 members (excludes halogenated alkanes) is 1. The van der Waals surface area contributed by atoms with Crippen LogP contribution in [0.25, 0.3) is 10.6 Å². The fraction of sp³-hybridized carbons (Fsp3) is 0.438. The van der Waals surface area contributed by atoms with Crippen LogP contribution in [-0.4, -0.2) is 40.0 Å². The molecule has 0 aliphatic heterocycles. The molecule has 0 radical (unpaired) electrons. The van der Waals surface area contributed by atoms with E-state index in [1.165, 1.54) is 11.3 Å². The van der Waals surface area contributed by atoms with Crippen molar-refractivity contribution >= 4 is 17.2 Å². The van der Waals surface area contributed by atoms with Crippen LogP contribution in [-0.2, 0) is 11.2 Å². The van der Waals surface area contributed by atoms with Gasteiger partial charge in [-0.1, -0.05) is 13.3 Å². The molecule has 2 aromatic rings. The second-order valence-electron chi connectivity index (χ2n) is 5.35. The van der Waals surface area contributed by atoms with Crippen LogP contribution in [0.4, 0.5) is 13.2 Å². The molecule has 0 N–H and O–H groups in total. The lowest BCUT2D eigenvalue weighted by Gasteiger charge is -2.23. The standard InChI is InChI=1S/C16H18F3N3OS/c1-2-3-7-22(11-16(17,18)19)14(23)8-13-10-24-15(21-13)12-5-4-6-20-9-12/h4-6,9-10H,2-3,7-8,11H2,1H3. The van der Waals surface area contributed by atoms with Crippen molar-refractivity contribution in [2.75, 3.05) is 13.1 Å². The van der Waals surface area contributed by atoms with Crippen LogP contribution in [0.5, 0.6) is 0 Å². The van der Waals surface area contributed by atoms with Gasteiger partial charge in [0.2, 0.25) is 5.91 Å². The third-order valence-corrected chi connectivity index (χ3v) is 4.24. The highest BCUT2D eigenvalue weighted by molar-refractivity contribution is 7.13. The number of rotatable bonds is 7. The Kier molecular flexibility index (Phi) is 6.30. The van der Waals surface area contributed by atoms with Crippen LogP contribution in [0.15, 0.2) is 29.9 Å². The van der Waals surface area contributed by atoms with E-state index in [2.05, 4.69) is 9.97 Å². The number of amides is 1. The molecule has 8 heteroatoms. The first-order chi connectivity index (χ1) is 11.4. The van der Waals surface area contributed by atoms with E-state index in [4.69, 9.17) is 0 Å². The van der Waals surface area contributed by atoms with Gasteiger partial charge in [-0.2, -0.15) is 13.2 Å². The van der Waals surface area contributed by atoms with Crippen molar-refractivity contribution in [3.8, 4) is 10.6 Å². The minimum atomic E-state index is -4.40. The topological polar surface area (TPSA) is 46.1 Å². The molecule has 0 saturated carbocycles. The van der Waals surface area contributed by atoms with E-state index in [1.807, 2.05) is 13.0 Å². The molecule has 0 aliphatic carbocycles. The summed E-state index contributed by atoms with van der Waals surface area (Å²) in [7, 11) is 0. The molecular formula is C16H18F3N3OS. The van der Waals surface area contributed by atoms with E-state index in [-0.39, 0.29) is 13.0 Å². The van der Waals surface area contributed by atoms with E-state index < -0.39 is 18.6 Å². The molecule has 0 aromatic carbocycles. The van der Waals surface area contributed by atoms with Gasteiger partial charge >= 0.3 is 6.18 Å². The van der Waals surface area contributed by atoms with Crippen molar-refractivity contribution in [3.05, 3.63) is 35.6 Å². The maximum Gasteiger partial charge on any atom is 0.406 e. The minimum Gasteiger partial charge on any atom is -0.333 e. The second-order valence-corrected chi connectivity index (χ2v) is 6.20. The Labute approximate surface area is 142 Å². The molecule has 0 aliphatic rings. The Balaban J connectivity index is 2.05. The summed E-state index contributed by atoms with van der Waals surface area (Å²) in [5, 5.41) is 2.40. The number of halogens is 3. The fourth-order valence-electron chi connectivity index (χ4n) is 2.13. The highest BCUT2D eigenvalue weighted by Gasteiger charge is 2.32. The summed E-state index contributed by atoms with van der Waals surface area (Å²) in [6, 6.07) is 3.62. The van der Waals surface area contributed by atoms with Crippen LogP contribution in [0.2, 0.25) is 0 Å². The fourth-order valence-corrected chi connectivity index (χ4v) is 2.94. The average Bonchev–Trinajstić information content (AvgIpc) is 2.99. The number of nitrogens with zero attached hydrogens (tertiary/aromatic N) is 3. The Hall–Kier alpha value is -1.96. The van der Waals surface area contributed by atoms with Crippen molar-refractivity contribution < 1.29 is 18.0 Å². The number of carbonyl (C=O) groups excluding carboxylic acids is 1. The number of hydrogen-bond donors (Lipinski definition) is 0. The zero-order valence-corrected chi connectivity index (χ0v) is 14.0. The van der Waals surface area contributed by atoms with Crippen LogP contribution in [0.1, 0.15) is 25.5 Å². The number of thiazole rings is 1. The third-order valence-electron chi connectivity index (χ3n) is 3.30. The summed E-state index contributed by atoms with van der Waals surface area (Å²) in [5.41, 5.74) is 1.30. The molecule has 0 atom stereocenters. The van der Waals surface area contributed by atoms with Gasteiger partial charge < -0.3 is 4.90 Å². The zero-order chi connectivity index (χ0) is 17.6. The third kappa shape index (κ3) is 5.59. The predicted octanol–water partition coefficient (Wildman–Crippen LogP) is 3.94. The molecule has 0 unspecified atom stereocenters. The lowest BCUT2D eigenvalue weighted by atomic mass is 10.2. The average molecular weight is 357 g/mol. The summed E-state index contributed by atoms with van der Waals surface area (Å²) < 4.78 is 37.9. The predicted molar refractivity (Wildman–Crippen MR) is 86.6 cm³/mol. The van der Waals surface area contributed by atoms with Crippen molar-refractivity contribution in [2.45, 2.75) is 32.4 Å². The number of pyridine rings is 1. The van der Waals surface area contributed by atoms with Crippen molar-refractivity contribution in [3.63, 3.8) is 0 Å². The summed E-state index contributed by atoms with van der Waals surface area (Å²) >= 11 is 1.34. The van der Waals surface area contributed by atoms with Crippen molar-refractivity contribution in [1.29, 1.82) is 0 Å². The summed E-state index contributed by atoms with van der Waals surface area (Å²) in [6.07, 6.45) is 0.0398. The van der Waals surface area contributed by atoms with E-state index >= 15 is 0 Å². The lowest BCUT2D eigenvalue weighted by Crippen LogP contribution is -2.40. The van der Waals surface area contributed by atoms with Gasteiger partial charge in [-0.25, -0.2) is 4.98 Å². The molecule has 2 aromatic heterocycles. The highest BCUT2D eigenvalue weighted by atomic mass is 32.1. The number of alkyl halides is 3. The Morgan fingerprint density at radius 3 is 2.79 bits per heavy atom. The van der Waals surface area contributed by atoms with Gasteiger partial charge in [0, 0.05) is 29.9 Å². The Morgan fingerprint density at radius 2 is 2.17 bits per heavy atom. The molecule has 1 amide bonds. The van der Waals surface area contributed by atoms with Gasteiger partial charge in [0.15, 0.2) is 0 Å². The summed E-state index contributed by atoms with van der Waals surface area (Å²) in [6.45, 7) is 0.761. The zero-order valence-electron chi connectivity index (χ0n) is 13.2. The van der Waals surface area contributed by atoms with E-state index in [9.17, 15) is 18.0 Å². The minimum absolute atomic E-state index is 0.106. The van der Waals surface area contributed by atoms with Gasteiger partial charge in [0.1, 0.15) is 11.6 Å². The largest absolute Gasteiger partial charge is 0.406 e. The smallest absolute Gasteiger partial charge is 0.333 e. The van der Waals surface area contributed by atoms with Crippen molar-refractivity contribution in [1.82, 2.24) is 14.9 Å². The van der Waals surface area contributed by atoms with E-state index in [1.54, 1.807) is 23.8 Å². The number of hydrogen-bond acceptors (Lipinski definition) is 4. The summed E-state index contributed by atoms with van der Waals surface area (Å²) in [4.78, 5) is 21.4. The molecule has 130 valence electrons. The SMILES string of the molecule is CCCCN(CC(F)(F)F)C(=O)Cc1csc(-c2cccnc2)n1. The number of carbonyl (C=O) groups is 1. The van der Waals surface area contributed by atoms with Gasteiger partial charge in [-0.15, -0.1) is 11.3 Å². The molecule has 24 heavy (non-hydrogen) atoms. The maximum absolute atomic E-state index is 12.6. The quantitative estimate of drug-likeness (QED) is 0.754. The first-order valence-corrected chi connectivity index (χ1v) is 8.46. The summed E-state index contributed by atoms with van der Waals surface area (Å²) in [5.74, 6) is -0.552. The lowest BCUT2D eigenvalue weighted by molar-refractivity contribution is -0.161.